The first-order chi connectivity index (χ1) is 7.22. The molecule has 1 aromatic carbocycles. The zero-order chi connectivity index (χ0) is 10.8. The molecule has 0 amide bonds. The fourth-order valence-electron chi connectivity index (χ4n) is 1.95. The number of para-hydroxylation sites is 1. The Morgan fingerprint density at radius 1 is 1.47 bits per heavy atom. The molecule has 0 aliphatic carbocycles. The van der Waals surface area contributed by atoms with Crippen LogP contribution in [0.15, 0.2) is 23.1 Å². The number of hydrogen-bond acceptors (Lipinski definition) is 2. The molecule has 0 radical (unpaired) electrons. The smallest absolute Gasteiger partial charge is 0.0511 e. The van der Waals surface area contributed by atoms with E-state index in [4.69, 9.17) is 0 Å². The lowest BCUT2D eigenvalue weighted by Crippen LogP contribution is -2.26. The zero-order valence-corrected chi connectivity index (χ0v) is 10.5. The van der Waals surface area contributed by atoms with E-state index in [1.54, 1.807) is 0 Å². The van der Waals surface area contributed by atoms with Gasteiger partial charge >= 0.3 is 0 Å². The van der Waals surface area contributed by atoms with Gasteiger partial charge in [-0.1, -0.05) is 32.9 Å². The Hall–Kier alpha value is -0.630. The average molecular weight is 221 g/mol. The third-order valence-corrected chi connectivity index (χ3v) is 4.60. The molecule has 0 saturated carbocycles. The second kappa shape index (κ2) is 4.48. The van der Waals surface area contributed by atoms with Crippen molar-refractivity contribution < 1.29 is 0 Å². The number of benzene rings is 1. The molecule has 2 heteroatoms. The van der Waals surface area contributed by atoms with E-state index in [-0.39, 0.29) is 0 Å². The van der Waals surface area contributed by atoms with E-state index < -0.39 is 0 Å². The van der Waals surface area contributed by atoms with Crippen LogP contribution in [0.5, 0.6) is 0 Å². The topological polar surface area (TPSA) is 12.0 Å². The van der Waals surface area contributed by atoms with Gasteiger partial charge in [-0.25, -0.2) is 0 Å². The van der Waals surface area contributed by atoms with Crippen LogP contribution in [0.25, 0.3) is 0 Å². The van der Waals surface area contributed by atoms with Crippen LogP contribution < -0.4 is 5.32 Å². The van der Waals surface area contributed by atoms with Gasteiger partial charge in [0.05, 0.1) is 5.69 Å². The highest BCUT2D eigenvalue weighted by Gasteiger charge is 2.22. The first kappa shape index (κ1) is 10.9. The monoisotopic (exact) mass is 221 g/mol. The minimum atomic E-state index is 0.713. The molecule has 2 rings (SSSR count). The molecule has 1 heterocycles. The molecular formula is C13H19NS. The highest BCUT2D eigenvalue weighted by atomic mass is 32.2. The van der Waals surface area contributed by atoms with Crippen LogP contribution in [-0.4, -0.2) is 11.8 Å². The summed E-state index contributed by atoms with van der Waals surface area (Å²) in [7, 11) is 0. The van der Waals surface area contributed by atoms with Gasteiger partial charge in [0.15, 0.2) is 0 Å². The summed E-state index contributed by atoms with van der Waals surface area (Å²) in [4.78, 5) is 1.43. The fraction of sp³-hybridized carbons (Fsp3) is 0.538. The Morgan fingerprint density at radius 3 is 2.93 bits per heavy atom. The zero-order valence-electron chi connectivity index (χ0n) is 9.71. The van der Waals surface area contributed by atoms with E-state index in [2.05, 4.69) is 44.3 Å². The summed E-state index contributed by atoms with van der Waals surface area (Å²) in [6.07, 6.45) is 1.11. The van der Waals surface area contributed by atoms with Crippen molar-refractivity contribution in [3.63, 3.8) is 0 Å². The molecule has 15 heavy (non-hydrogen) atoms. The summed E-state index contributed by atoms with van der Waals surface area (Å²) in [5, 5.41) is 4.31. The Balaban J connectivity index is 2.27. The second-order valence-electron chi connectivity index (χ2n) is 4.43. The van der Waals surface area contributed by atoms with Crippen molar-refractivity contribution in [1.82, 2.24) is 0 Å². The van der Waals surface area contributed by atoms with Crippen molar-refractivity contribution in [2.45, 2.75) is 37.3 Å². The predicted octanol–water partition coefficient (Wildman–Crippen LogP) is 3.79. The van der Waals surface area contributed by atoms with Crippen molar-refractivity contribution in [3.8, 4) is 0 Å². The molecule has 1 nitrogen and oxygen atoms in total. The maximum absolute atomic E-state index is 3.59. The molecule has 0 aromatic heterocycles. The van der Waals surface area contributed by atoms with Crippen molar-refractivity contribution in [2.75, 3.05) is 11.9 Å². The molecule has 1 aliphatic rings. The molecule has 1 aliphatic heterocycles. The minimum Gasteiger partial charge on any atom is -0.383 e. The van der Waals surface area contributed by atoms with E-state index in [9.17, 15) is 0 Å². The molecule has 0 spiro atoms. The lowest BCUT2D eigenvalue weighted by Gasteiger charge is -2.29. The molecular weight excluding hydrogens is 202 g/mol. The van der Waals surface area contributed by atoms with Crippen molar-refractivity contribution >= 4 is 17.4 Å². The summed E-state index contributed by atoms with van der Waals surface area (Å²) in [5.74, 6) is 0.737. The van der Waals surface area contributed by atoms with Crippen molar-refractivity contribution in [3.05, 3.63) is 23.8 Å². The van der Waals surface area contributed by atoms with Gasteiger partial charge in [0.1, 0.15) is 0 Å². The van der Waals surface area contributed by atoms with Crippen molar-refractivity contribution in [1.29, 1.82) is 0 Å². The van der Waals surface area contributed by atoms with E-state index in [0.717, 1.165) is 18.9 Å². The van der Waals surface area contributed by atoms with Gasteiger partial charge in [0.25, 0.3) is 0 Å². The third-order valence-electron chi connectivity index (χ3n) is 3.00. The maximum atomic E-state index is 3.59. The largest absolute Gasteiger partial charge is 0.383 e. The molecule has 1 N–H and O–H groups in total. The lowest BCUT2D eigenvalue weighted by atomic mass is 10.1. The van der Waals surface area contributed by atoms with E-state index >= 15 is 0 Å². The molecule has 0 bridgehead atoms. The summed E-state index contributed by atoms with van der Waals surface area (Å²) >= 11 is 2.03. The highest BCUT2D eigenvalue weighted by molar-refractivity contribution is 8.00. The standard InChI is InChI=1S/C13H19NS/c1-4-10-6-5-7-11-13(10)14-8-12(15-11)9(2)3/h5-7,9,12,14H,4,8H2,1-3H3. The summed E-state index contributed by atoms with van der Waals surface area (Å²) < 4.78 is 0. The van der Waals surface area contributed by atoms with Crippen LogP contribution in [0.2, 0.25) is 0 Å². The maximum Gasteiger partial charge on any atom is 0.0511 e. The molecule has 0 fully saturated rings. The van der Waals surface area contributed by atoms with Gasteiger partial charge in [-0.2, -0.15) is 0 Å². The number of fused-ring (bicyclic) bond motifs is 1. The predicted molar refractivity (Wildman–Crippen MR) is 68.8 cm³/mol. The average Bonchev–Trinajstić information content (AvgIpc) is 2.27. The summed E-state index contributed by atoms with van der Waals surface area (Å²) in [5.41, 5.74) is 2.82. The molecule has 1 aromatic rings. The molecule has 1 atom stereocenters. The Kier molecular flexibility index (Phi) is 3.25. The van der Waals surface area contributed by atoms with Crippen LogP contribution in [-0.2, 0) is 6.42 Å². The number of anilines is 1. The highest BCUT2D eigenvalue weighted by Crippen LogP contribution is 2.39. The lowest BCUT2D eigenvalue weighted by molar-refractivity contribution is 0.619. The van der Waals surface area contributed by atoms with Crippen molar-refractivity contribution in [2.24, 2.45) is 5.92 Å². The molecule has 1 unspecified atom stereocenters. The molecule has 82 valence electrons. The fourth-order valence-corrected chi connectivity index (χ4v) is 3.19. The van der Waals surface area contributed by atoms with Gasteiger partial charge in [0.2, 0.25) is 0 Å². The van der Waals surface area contributed by atoms with Crippen LogP contribution >= 0.6 is 11.8 Å². The quantitative estimate of drug-likeness (QED) is 0.815. The van der Waals surface area contributed by atoms with E-state index in [0.29, 0.717) is 5.25 Å². The third kappa shape index (κ3) is 2.15. The van der Waals surface area contributed by atoms with Gasteiger partial charge < -0.3 is 5.32 Å². The van der Waals surface area contributed by atoms with Crippen LogP contribution in [0.4, 0.5) is 5.69 Å². The van der Waals surface area contributed by atoms with E-state index in [1.165, 1.54) is 16.1 Å². The number of hydrogen-bond donors (Lipinski definition) is 1. The van der Waals surface area contributed by atoms with E-state index in [1.807, 2.05) is 11.8 Å². The number of aryl methyl sites for hydroxylation is 1. The minimum absolute atomic E-state index is 0.713. The van der Waals surface area contributed by atoms with Gasteiger partial charge in [-0.15, -0.1) is 11.8 Å². The first-order valence-electron chi connectivity index (χ1n) is 5.74. The normalized spacial score (nSPS) is 19.9. The van der Waals surface area contributed by atoms with Crippen LogP contribution in [0.1, 0.15) is 26.3 Å². The second-order valence-corrected chi connectivity index (χ2v) is 5.71. The summed E-state index contributed by atoms with van der Waals surface area (Å²) in [6.45, 7) is 7.92. The Bertz CT molecular complexity index is 346. The first-order valence-corrected chi connectivity index (χ1v) is 6.62. The Morgan fingerprint density at radius 2 is 2.27 bits per heavy atom. The SMILES string of the molecule is CCc1cccc2c1NCC(C(C)C)S2. The van der Waals surface area contributed by atoms with Crippen LogP contribution in [0, 0.1) is 5.92 Å². The van der Waals surface area contributed by atoms with Gasteiger partial charge in [-0.3, -0.25) is 0 Å². The number of thioether (sulfide) groups is 1. The number of rotatable bonds is 2. The summed E-state index contributed by atoms with van der Waals surface area (Å²) in [6, 6.07) is 6.64. The van der Waals surface area contributed by atoms with Crippen LogP contribution in [0.3, 0.4) is 0 Å². The molecule has 0 saturated heterocycles. The number of nitrogens with one attached hydrogen (secondary N) is 1. The van der Waals surface area contributed by atoms with Gasteiger partial charge in [-0.05, 0) is 24.0 Å². The van der Waals surface area contributed by atoms with Gasteiger partial charge in [0, 0.05) is 16.7 Å². The Labute approximate surface area is 96.7 Å².